The highest BCUT2D eigenvalue weighted by molar-refractivity contribution is 5.09. The van der Waals surface area contributed by atoms with Crippen molar-refractivity contribution in [3.8, 4) is 0 Å². The van der Waals surface area contributed by atoms with Gasteiger partial charge in [0, 0.05) is 6.61 Å². The van der Waals surface area contributed by atoms with E-state index in [2.05, 4.69) is 20.4 Å². The molecule has 0 amide bonds. The molecule has 0 bridgehead atoms. The zero-order chi connectivity index (χ0) is 25.5. The van der Waals surface area contributed by atoms with Crippen molar-refractivity contribution in [1.29, 1.82) is 0 Å². The summed E-state index contributed by atoms with van der Waals surface area (Å²) in [6.45, 7) is 11.7. The van der Waals surface area contributed by atoms with Crippen molar-refractivity contribution >= 4 is 0 Å². The Morgan fingerprint density at radius 3 is 2.32 bits per heavy atom. The van der Waals surface area contributed by atoms with E-state index in [0.717, 1.165) is 25.7 Å². The minimum atomic E-state index is -1.51. The molecule has 198 valence electrons. The molecule has 6 N–H and O–H groups in total. The van der Waals surface area contributed by atoms with E-state index in [-0.39, 0.29) is 23.4 Å². The summed E-state index contributed by atoms with van der Waals surface area (Å²) in [7, 11) is 0. The van der Waals surface area contributed by atoms with E-state index >= 15 is 0 Å². The summed E-state index contributed by atoms with van der Waals surface area (Å²) < 4.78 is 11.6. The van der Waals surface area contributed by atoms with E-state index < -0.39 is 48.5 Å². The number of ether oxygens (including phenoxy) is 2. The lowest BCUT2D eigenvalue weighted by atomic mass is 9.44. The fourth-order valence-electron chi connectivity index (χ4n) is 7.33. The van der Waals surface area contributed by atoms with Crippen molar-refractivity contribution in [2.24, 2.45) is 22.7 Å². The van der Waals surface area contributed by atoms with Gasteiger partial charge in [0.05, 0.1) is 17.8 Å². The van der Waals surface area contributed by atoms with Crippen molar-refractivity contribution in [1.82, 2.24) is 0 Å². The van der Waals surface area contributed by atoms with Crippen LogP contribution in [0.25, 0.3) is 0 Å². The molecular weight excluding hydrogens is 440 g/mol. The van der Waals surface area contributed by atoms with Crippen LogP contribution in [0, 0.1) is 22.7 Å². The molecule has 0 radical (unpaired) electrons. The smallest absolute Gasteiger partial charge is 0.187 e. The molecular formula is C26H46O8. The van der Waals surface area contributed by atoms with Crippen molar-refractivity contribution in [3.05, 3.63) is 12.7 Å². The number of rotatable bonds is 8. The Morgan fingerprint density at radius 1 is 1.06 bits per heavy atom. The van der Waals surface area contributed by atoms with E-state index in [9.17, 15) is 30.6 Å². The van der Waals surface area contributed by atoms with Gasteiger partial charge in [-0.15, -0.1) is 6.58 Å². The van der Waals surface area contributed by atoms with Gasteiger partial charge >= 0.3 is 0 Å². The molecule has 1 heterocycles. The largest absolute Gasteiger partial charge is 0.396 e. The molecule has 8 nitrogen and oxygen atoms in total. The lowest BCUT2D eigenvalue weighted by Gasteiger charge is -2.62. The molecule has 3 rings (SSSR count). The number of hydrogen-bond donors (Lipinski definition) is 6. The van der Waals surface area contributed by atoms with Crippen LogP contribution in [0.1, 0.15) is 72.6 Å². The lowest BCUT2D eigenvalue weighted by Crippen LogP contribution is -2.60. The Bertz CT molecular complexity index is 713. The third kappa shape index (κ3) is 4.98. The fourth-order valence-corrected chi connectivity index (χ4v) is 7.33. The maximum Gasteiger partial charge on any atom is 0.187 e. The van der Waals surface area contributed by atoms with Gasteiger partial charge in [-0.05, 0) is 75.0 Å². The Kier molecular flexibility index (Phi) is 8.28. The van der Waals surface area contributed by atoms with Crippen LogP contribution in [0.5, 0.6) is 0 Å². The van der Waals surface area contributed by atoms with Gasteiger partial charge in [-0.3, -0.25) is 0 Å². The first-order valence-electron chi connectivity index (χ1n) is 12.7. The van der Waals surface area contributed by atoms with Crippen molar-refractivity contribution in [2.75, 3.05) is 13.2 Å². The van der Waals surface area contributed by atoms with Gasteiger partial charge in [0.1, 0.15) is 24.4 Å². The van der Waals surface area contributed by atoms with Crippen LogP contribution in [-0.2, 0) is 9.47 Å². The summed E-state index contributed by atoms with van der Waals surface area (Å²) in [4.78, 5) is 0. The number of aliphatic hydroxyl groups is 6. The first-order valence-corrected chi connectivity index (χ1v) is 12.7. The molecule has 34 heavy (non-hydrogen) atoms. The van der Waals surface area contributed by atoms with Crippen molar-refractivity contribution in [2.45, 2.75) is 115 Å². The van der Waals surface area contributed by atoms with Crippen LogP contribution in [-0.4, -0.2) is 85.8 Å². The zero-order valence-corrected chi connectivity index (χ0v) is 21.2. The van der Waals surface area contributed by atoms with E-state index in [1.54, 1.807) is 6.08 Å². The molecule has 11 atom stereocenters. The standard InChI is InChI=1S/C26H46O8/c1-6-24(3,34-22-21(31)20(30)19(29)16(14-27)33-22)12-8-18-25(4)11-7-10-23(2,15-28)17(25)9-13-26(18,5)32/h6,16-22,27-32H,1,7-15H2,2-5H3/t16-,17-,18+,19-,20+,21-,22+,23-,24+,25-,26+/m1/s1. The van der Waals surface area contributed by atoms with E-state index in [0.29, 0.717) is 25.2 Å². The van der Waals surface area contributed by atoms with Crippen LogP contribution < -0.4 is 0 Å². The minimum absolute atomic E-state index is 0.0254. The molecule has 1 saturated heterocycles. The number of aliphatic hydroxyl groups excluding tert-OH is 5. The Hall–Kier alpha value is -0.580. The third-order valence-corrected chi connectivity index (χ3v) is 9.54. The highest BCUT2D eigenvalue weighted by Crippen LogP contribution is 2.63. The first kappa shape index (κ1) is 28.0. The molecule has 2 saturated carbocycles. The molecule has 8 heteroatoms. The van der Waals surface area contributed by atoms with Gasteiger partial charge < -0.3 is 40.1 Å². The quantitative estimate of drug-likeness (QED) is 0.284. The predicted molar refractivity (Wildman–Crippen MR) is 127 cm³/mol. The second kappa shape index (κ2) is 10.1. The van der Waals surface area contributed by atoms with Crippen LogP contribution in [0.2, 0.25) is 0 Å². The van der Waals surface area contributed by atoms with Crippen LogP contribution in [0.4, 0.5) is 0 Å². The second-order valence-electron chi connectivity index (χ2n) is 12.0. The van der Waals surface area contributed by atoms with Crippen LogP contribution in [0.15, 0.2) is 12.7 Å². The summed E-state index contributed by atoms with van der Waals surface area (Å²) >= 11 is 0. The Balaban J connectivity index is 1.78. The fraction of sp³-hybridized carbons (Fsp3) is 0.923. The average molecular weight is 487 g/mol. The summed E-state index contributed by atoms with van der Waals surface area (Å²) in [6, 6.07) is 0. The molecule has 0 spiro atoms. The van der Waals surface area contributed by atoms with Gasteiger partial charge in [0.2, 0.25) is 0 Å². The molecule has 3 aliphatic rings. The highest BCUT2D eigenvalue weighted by atomic mass is 16.7. The maximum atomic E-state index is 11.5. The normalized spacial score (nSPS) is 49.2. The zero-order valence-electron chi connectivity index (χ0n) is 21.2. The molecule has 0 aromatic carbocycles. The Labute approximate surface area is 203 Å². The molecule has 0 unspecified atom stereocenters. The molecule has 0 aromatic rings. The third-order valence-electron chi connectivity index (χ3n) is 9.54. The highest BCUT2D eigenvalue weighted by Gasteiger charge is 2.59. The van der Waals surface area contributed by atoms with Crippen LogP contribution in [0.3, 0.4) is 0 Å². The van der Waals surface area contributed by atoms with Crippen LogP contribution >= 0.6 is 0 Å². The van der Waals surface area contributed by atoms with Gasteiger partial charge in [-0.25, -0.2) is 0 Å². The first-order chi connectivity index (χ1) is 15.8. The lowest BCUT2D eigenvalue weighted by molar-refractivity contribution is -0.320. The Morgan fingerprint density at radius 2 is 1.74 bits per heavy atom. The van der Waals surface area contributed by atoms with Gasteiger partial charge in [-0.1, -0.05) is 26.3 Å². The molecule has 1 aliphatic heterocycles. The monoisotopic (exact) mass is 486 g/mol. The molecule has 0 aromatic heterocycles. The molecule has 2 aliphatic carbocycles. The SMILES string of the molecule is C=C[C@@](C)(CC[C@H]1[C@]2(C)CCC[C@](C)(CO)[C@H]2CC[C@]1(C)O)O[C@@H]1O[C@H](CO)[C@@H](O)[C@H](O)[C@H]1O. The topological polar surface area (TPSA) is 140 Å². The summed E-state index contributed by atoms with van der Waals surface area (Å²) in [5.41, 5.74) is -2.09. The van der Waals surface area contributed by atoms with Gasteiger partial charge in [0.15, 0.2) is 6.29 Å². The maximum absolute atomic E-state index is 11.5. The predicted octanol–water partition coefficient (Wildman–Crippen LogP) is 1.49. The number of hydrogen-bond acceptors (Lipinski definition) is 8. The van der Waals surface area contributed by atoms with Gasteiger partial charge in [-0.2, -0.15) is 0 Å². The summed E-state index contributed by atoms with van der Waals surface area (Å²) in [5.74, 6) is 0.285. The summed E-state index contributed by atoms with van der Waals surface area (Å²) in [6.07, 6.45) is 0.570. The average Bonchev–Trinajstić information content (AvgIpc) is 2.78. The minimum Gasteiger partial charge on any atom is -0.396 e. The molecule has 3 fully saturated rings. The van der Waals surface area contributed by atoms with E-state index in [1.807, 2.05) is 13.8 Å². The van der Waals surface area contributed by atoms with Crippen molar-refractivity contribution < 1.29 is 40.1 Å². The van der Waals surface area contributed by atoms with Crippen molar-refractivity contribution in [3.63, 3.8) is 0 Å². The van der Waals surface area contributed by atoms with Gasteiger partial charge in [0.25, 0.3) is 0 Å². The van der Waals surface area contributed by atoms with E-state index in [4.69, 9.17) is 9.47 Å². The van der Waals surface area contributed by atoms with E-state index in [1.165, 1.54) is 0 Å². The second-order valence-corrected chi connectivity index (χ2v) is 12.0. The number of fused-ring (bicyclic) bond motifs is 1. The summed E-state index contributed by atoms with van der Waals surface area (Å²) in [5, 5.41) is 61.7.